The molecule has 0 aliphatic rings. The summed E-state index contributed by atoms with van der Waals surface area (Å²) in [4.78, 5) is 2.35. The standard InChI is InChI=1S/C64H42N2O/c1-2-15-52-45(13-1)14-11-20-53(52)46-29-27-43(28-30-46)44-31-37-49(38-32-44)65(51-41-35-48(36-42-51)55-21-12-22-59-58-19-6-10-26-63(58)67-64(55)59)50-39-33-47(34-40-50)54-16-3-7-23-60(54)66-61-24-8-4-17-56(61)57-18-5-9-25-62(57)66/h1-42H. The first kappa shape index (κ1) is 38.5. The van der Waals surface area contributed by atoms with Crippen LogP contribution in [-0.4, -0.2) is 4.57 Å². The summed E-state index contributed by atoms with van der Waals surface area (Å²) < 4.78 is 8.87. The lowest BCUT2D eigenvalue weighted by Crippen LogP contribution is -2.09. The monoisotopic (exact) mass is 854 g/mol. The fourth-order valence-electron chi connectivity index (χ4n) is 10.2. The molecule has 13 aromatic rings. The van der Waals surface area contributed by atoms with Gasteiger partial charge >= 0.3 is 0 Å². The van der Waals surface area contributed by atoms with Gasteiger partial charge in [0.05, 0.1) is 16.7 Å². The van der Waals surface area contributed by atoms with Crippen LogP contribution in [0.5, 0.6) is 0 Å². The zero-order chi connectivity index (χ0) is 44.3. The second-order valence-electron chi connectivity index (χ2n) is 17.2. The van der Waals surface area contributed by atoms with E-state index in [4.69, 9.17) is 4.42 Å². The third-order valence-electron chi connectivity index (χ3n) is 13.4. The van der Waals surface area contributed by atoms with Gasteiger partial charge in [-0.15, -0.1) is 0 Å². The molecule has 67 heavy (non-hydrogen) atoms. The molecular weight excluding hydrogens is 813 g/mol. The molecule has 0 radical (unpaired) electrons. The first-order valence-electron chi connectivity index (χ1n) is 22.9. The van der Waals surface area contributed by atoms with Crippen LogP contribution >= 0.6 is 0 Å². The van der Waals surface area contributed by atoms with Crippen LogP contribution in [0.1, 0.15) is 0 Å². The van der Waals surface area contributed by atoms with E-state index < -0.39 is 0 Å². The van der Waals surface area contributed by atoms with Gasteiger partial charge in [0.25, 0.3) is 0 Å². The second-order valence-corrected chi connectivity index (χ2v) is 17.2. The number of furan rings is 1. The Bertz CT molecular complexity index is 3890. The van der Waals surface area contributed by atoms with Gasteiger partial charge in [0.15, 0.2) is 0 Å². The highest BCUT2D eigenvalue weighted by atomic mass is 16.3. The van der Waals surface area contributed by atoms with Gasteiger partial charge in [-0.3, -0.25) is 0 Å². The van der Waals surface area contributed by atoms with E-state index in [9.17, 15) is 0 Å². The maximum atomic E-state index is 6.46. The Morgan fingerprint density at radius 1 is 0.284 bits per heavy atom. The first-order valence-corrected chi connectivity index (χ1v) is 22.9. The molecule has 0 bridgehead atoms. The third-order valence-corrected chi connectivity index (χ3v) is 13.4. The maximum absolute atomic E-state index is 6.46. The fraction of sp³-hybridized carbons (Fsp3) is 0. The number of hydrogen-bond donors (Lipinski definition) is 0. The molecule has 0 unspecified atom stereocenters. The minimum Gasteiger partial charge on any atom is -0.455 e. The molecule has 11 aromatic carbocycles. The SMILES string of the molecule is c1ccc(-n2c3ccccc3c3ccccc32)c(-c2ccc(N(c3ccc(-c4ccc(-c5cccc6ccccc56)cc4)cc3)c3ccc(-c4cccc5c4oc4ccccc45)cc3)cc2)c1. The van der Waals surface area contributed by atoms with Gasteiger partial charge in [-0.05, 0) is 105 Å². The molecule has 0 aliphatic carbocycles. The molecule has 13 rings (SSSR count). The first-order chi connectivity index (χ1) is 33.2. The Hall–Kier alpha value is -8.92. The lowest BCUT2D eigenvalue weighted by molar-refractivity contribution is 0.670. The molecule has 2 heterocycles. The van der Waals surface area contributed by atoms with E-state index in [1.807, 2.05) is 12.1 Å². The average Bonchev–Trinajstić information content (AvgIpc) is 3.95. The molecule has 314 valence electrons. The number of aromatic nitrogens is 1. The molecule has 0 amide bonds. The van der Waals surface area contributed by atoms with Gasteiger partial charge in [0.1, 0.15) is 11.2 Å². The molecule has 2 aromatic heterocycles. The van der Waals surface area contributed by atoms with Crippen molar-refractivity contribution >= 4 is 71.6 Å². The van der Waals surface area contributed by atoms with Crippen molar-refractivity contribution < 1.29 is 4.42 Å². The maximum Gasteiger partial charge on any atom is 0.143 e. The van der Waals surface area contributed by atoms with Crippen LogP contribution in [0.25, 0.3) is 105 Å². The number of fused-ring (bicyclic) bond motifs is 7. The fourth-order valence-corrected chi connectivity index (χ4v) is 10.2. The molecule has 0 aliphatic heterocycles. The van der Waals surface area contributed by atoms with Crippen molar-refractivity contribution in [3.8, 4) is 50.2 Å². The normalized spacial score (nSPS) is 11.6. The van der Waals surface area contributed by atoms with Crippen molar-refractivity contribution in [3.63, 3.8) is 0 Å². The lowest BCUT2D eigenvalue weighted by atomic mass is 9.96. The van der Waals surface area contributed by atoms with Crippen molar-refractivity contribution in [2.75, 3.05) is 4.90 Å². The smallest absolute Gasteiger partial charge is 0.143 e. The largest absolute Gasteiger partial charge is 0.455 e. The van der Waals surface area contributed by atoms with Crippen LogP contribution in [0, 0.1) is 0 Å². The quantitative estimate of drug-likeness (QED) is 0.152. The van der Waals surface area contributed by atoms with Crippen LogP contribution in [0.4, 0.5) is 17.1 Å². The molecule has 3 heteroatoms. The van der Waals surface area contributed by atoms with E-state index in [1.165, 1.54) is 60.4 Å². The zero-order valence-corrected chi connectivity index (χ0v) is 36.6. The van der Waals surface area contributed by atoms with Gasteiger partial charge in [0.2, 0.25) is 0 Å². The molecule has 0 saturated carbocycles. The van der Waals surface area contributed by atoms with Crippen LogP contribution in [0.3, 0.4) is 0 Å². The Morgan fingerprint density at radius 3 is 1.37 bits per heavy atom. The second kappa shape index (κ2) is 16.0. The lowest BCUT2D eigenvalue weighted by Gasteiger charge is -2.26. The number of rotatable bonds is 8. The van der Waals surface area contributed by atoms with Crippen molar-refractivity contribution in [2.45, 2.75) is 0 Å². The van der Waals surface area contributed by atoms with Gasteiger partial charge in [-0.25, -0.2) is 0 Å². The van der Waals surface area contributed by atoms with Crippen molar-refractivity contribution in [3.05, 3.63) is 255 Å². The third kappa shape index (κ3) is 6.59. The van der Waals surface area contributed by atoms with Gasteiger partial charge in [-0.2, -0.15) is 0 Å². The Balaban J connectivity index is 0.881. The summed E-state index contributed by atoms with van der Waals surface area (Å²) in [7, 11) is 0. The van der Waals surface area contributed by atoms with E-state index >= 15 is 0 Å². The molecule has 0 atom stereocenters. The highest BCUT2D eigenvalue weighted by molar-refractivity contribution is 6.11. The van der Waals surface area contributed by atoms with E-state index in [0.29, 0.717) is 0 Å². The summed E-state index contributed by atoms with van der Waals surface area (Å²) in [6, 6.07) is 91.8. The van der Waals surface area contributed by atoms with E-state index in [1.54, 1.807) is 0 Å². The Kier molecular flexibility index (Phi) is 9.17. The predicted molar refractivity (Wildman–Crippen MR) is 282 cm³/mol. The highest BCUT2D eigenvalue weighted by Crippen LogP contribution is 2.42. The van der Waals surface area contributed by atoms with Gasteiger partial charge in [0, 0.05) is 49.7 Å². The molecule has 0 spiro atoms. The number of nitrogens with zero attached hydrogens (tertiary/aromatic N) is 2. The number of anilines is 3. The molecule has 0 saturated heterocycles. The zero-order valence-electron chi connectivity index (χ0n) is 36.6. The minimum atomic E-state index is 0.901. The van der Waals surface area contributed by atoms with Gasteiger partial charge in [-0.1, -0.05) is 194 Å². The summed E-state index contributed by atoms with van der Waals surface area (Å²) in [6.45, 7) is 0. The summed E-state index contributed by atoms with van der Waals surface area (Å²) >= 11 is 0. The molecule has 0 N–H and O–H groups in total. The van der Waals surface area contributed by atoms with E-state index in [2.05, 4.69) is 252 Å². The molecule has 3 nitrogen and oxygen atoms in total. The summed E-state index contributed by atoms with van der Waals surface area (Å²) in [5.74, 6) is 0. The Labute approximate surface area is 388 Å². The number of benzene rings is 11. The van der Waals surface area contributed by atoms with E-state index in [0.717, 1.165) is 61.4 Å². The van der Waals surface area contributed by atoms with Crippen LogP contribution in [0.2, 0.25) is 0 Å². The van der Waals surface area contributed by atoms with Gasteiger partial charge < -0.3 is 13.9 Å². The summed E-state index contributed by atoms with van der Waals surface area (Å²) in [5.41, 5.74) is 17.9. The summed E-state index contributed by atoms with van der Waals surface area (Å²) in [6.07, 6.45) is 0. The number of para-hydroxylation sites is 5. The Morgan fingerprint density at radius 2 is 0.701 bits per heavy atom. The predicted octanol–water partition coefficient (Wildman–Crippen LogP) is 18.0. The van der Waals surface area contributed by atoms with Crippen LogP contribution in [-0.2, 0) is 0 Å². The van der Waals surface area contributed by atoms with Crippen LogP contribution < -0.4 is 4.90 Å². The van der Waals surface area contributed by atoms with Crippen molar-refractivity contribution in [1.29, 1.82) is 0 Å². The molecular formula is C64H42N2O. The highest BCUT2D eigenvalue weighted by Gasteiger charge is 2.18. The molecule has 0 fully saturated rings. The van der Waals surface area contributed by atoms with Crippen molar-refractivity contribution in [2.24, 2.45) is 0 Å². The summed E-state index contributed by atoms with van der Waals surface area (Å²) in [5, 5.41) is 7.28. The van der Waals surface area contributed by atoms with Crippen molar-refractivity contribution in [1.82, 2.24) is 4.57 Å². The topological polar surface area (TPSA) is 21.3 Å². The van der Waals surface area contributed by atoms with Crippen LogP contribution in [0.15, 0.2) is 259 Å². The van der Waals surface area contributed by atoms with E-state index in [-0.39, 0.29) is 0 Å². The average molecular weight is 855 g/mol. The number of hydrogen-bond acceptors (Lipinski definition) is 2. The minimum absolute atomic E-state index is 0.901.